The van der Waals surface area contributed by atoms with Crippen molar-refractivity contribution in [3.63, 3.8) is 0 Å². The Morgan fingerprint density at radius 2 is 2.06 bits per heavy atom. The minimum atomic E-state index is -4.65. The number of amides is 1. The van der Waals surface area contributed by atoms with Crippen molar-refractivity contribution in [3.8, 4) is 6.01 Å². The van der Waals surface area contributed by atoms with Crippen molar-refractivity contribution in [1.82, 2.24) is 14.9 Å². The highest BCUT2D eigenvalue weighted by Crippen LogP contribution is 2.36. The second-order valence-corrected chi connectivity index (χ2v) is 7.19. The van der Waals surface area contributed by atoms with Crippen molar-refractivity contribution >= 4 is 24.0 Å². The number of carbonyl (C=O) groups is 1. The molecular formula is C20H19F5N6O2. The molecule has 2 aromatic rings. The molecule has 3 rings (SSSR count). The molecule has 0 aliphatic carbocycles. The Morgan fingerprint density at radius 3 is 2.70 bits per heavy atom. The summed E-state index contributed by atoms with van der Waals surface area (Å²) in [5.41, 5.74) is 2.54. The summed E-state index contributed by atoms with van der Waals surface area (Å²) in [6, 6.07) is 2.56. The van der Waals surface area contributed by atoms with Crippen molar-refractivity contribution in [2.75, 3.05) is 18.6 Å². The van der Waals surface area contributed by atoms with E-state index in [1.807, 2.05) is 0 Å². The molecule has 2 heterocycles. The first-order valence-electron chi connectivity index (χ1n) is 9.62. The van der Waals surface area contributed by atoms with E-state index in [0.29, 0.717) is 18.0 Å². The van der Waals surface area contributed by atoms with E-state index in [1.165, 1.54) is 6.07 Å². The first-order chi connectivity index (χ1) is 15.5. The van der Waals surface area contributed by atoms with Gasteiger partial charge in [0.05, 0.1) is 23.0 Å². The minimum absolute atomic E-state index is 0.0885. The summed E-state index contributed by atoms with van der Waals surface area (Å²) in [7, 11) is 0. The van der Waals surface area contributed by atoms with Gasteiger partial charge >= 0.3 is 12.2 Å². The van der Waals surface area contributed by atoms with Gasteiger partial charge in [-0.2, -0.15) is 18.3 Å². The third-order valence-electron chi connectivity index (χ3n) is 4.88. The average molecular weight is 470 g/mol. The summed E-state index contributed by atoms with van der Waals surface area (Å²) in [6.45, 7) is 0.748. The first-order valence-corrected chi connectivity index (χ1v) is 9.62. The van der Waals surface area contributed by atoms with Gasteiger partial charge < -0.3 is 15.0 Å². The van der Waals surface area contributed by atoms with Gasteiger partial charge in [-0.3, -0.25) is 10.2 Å². The Labute approximate surface area is 185 Å². The third kappa shape index (κ3) is 5.59. The highest BCUT2D eigenvalue weighted by atomic mass is 19.4. The molecule has 0 saturated carbocycles. The van der Waals surface area contributed by atoms with Gasteiger partial charge in [0.2, 0.25) is 0 Å². The lowest BCUT2D eigenvalue weighted by molar-refractivity contribution is -0.138. The molecule has 176 valence electrons. The van der Waals surface area contributed by atoms with E-state index in [0.717, 1.165) is 17.3 Å². The molecule has 1 atom stereocenters. The lowest BCUT2D eigenvalue weighted by atomic mass is 10.1. The molecular weight excluding hydrogens is 451 g/mol. The van der Waals surface area contributed by atoms with Crippen LogP contribution >= 0.6 is 0 Å². The van der Waals surface area contributed by atoms with Gasteiger partial charge in [0, 0.05) is 31.6 Å². The van der Waals surface area contributed by atoms with Crippen LogP contribution in [0.1, 0.15) is 27.9 Å². The highest BCUT2D eigenvalue weighted by molar-refractivity contribution is 6.14. The summed E-state index contributed by atoms with van der Waals surface area (Å²) < 4.78 is 72.1. The molecule has 1 unspecified atom stereocenters. The second-order valence-electron chi connectivity index (χ2n) is 7.19. The van der Waals surface area contributed by atoms with Crippen molar-refractivity contribution in [2.45, 2.75) is 31.5 Å². The number of rotatable bonds is 7. The molecule has 1 aromatic heterocycles. The van der Waals surface area contributed by atoms with E-state index < -0.39 is 48.6 Å². The molecule has 0 spiro atoms. The largest absolute Gasteiger partial charge is 0.461 e. The molecule has 1 saturated heterocycles. The molecule has 1 fully saturated rings. The standard InChI is InChI=1S/C20H19F5N6O2/c1-12-2-3-15(30-29-6-5-26)14(8-12)17(32)31-7-4-19(21,22)16(31)11-33-18-27-9-13(10-28-18)20(23,24)25/h2-3,5-6,8-10,16,26,30H,4,7,11H2,1H3/b26-5?,29-6-. The molecule has 0 bridgehead atoms. The van der Waals surface area contributed by atoms with Crippen LogP contribution in [-0.4, -0.2) is 58.3 Å². The van der Waals surface area contributed by atoms with Gasteiger partial charge in [0.1, 0.15) is 12.6 Å². The van der Waals surface area contributed by atoms with Crippen molar-refractivity contribution in [1.29, 1.82) is 5.41 Å². The molecule has 1 aliphatic rings. The third-order valence-corrected chi connectivity index (χ3v) is 4.88. The van der Waals surface area contributed by atoms with Crippen molar-refractivity contribution in [2.24, 2.45) is 5.10 Å². The van der Waals surface area contributed by atoms with Crippen LogP contribution < -0.4 is 10.2 Å². The topological polar surface area (TPSA) is 104 Å². The molecule has 13 heteroatoms. The molecule has 1 aliphatic heterocycles. The summed E-state index contributed by atoms with van der Waals surface area (Å²) in [5.74, 6) is -4.00. The molecule has 2 N–H and O–H groups in total. The van der Waals surface area contributed by atoms with E-state index in [4.69, 9.17) is 10.1 Å². The van der Waals surface area contributed by atoms with Gasteiger partial charge in [-0.05, 0) is 19.1 Å². The molecule has 1 amide bonds. The van der Waals surface area contributed by atoms with Crippen LogP contribution in [0.5, 0.6) is 6.01 Å². The fourth-order valence-corrected chi connectivity index (χ4v) is 3.20. The number of hydrogen-bond acceptors (Lipinski definition) is 7. The molecule has 8 nitrogen and oxygen atoms in total. The summed E-state index contributed by atoms with van der Waals surface area (Å²) >= 11 is 0. The number of halogens is 5. The molecule has 1 aromatic carbocycles. The average Bonchev–Trinajstić information content (AvgIpc) is 3.06. The number of hydrazone groups is 1. The van der Waals surface area contributed by atoms with Crippen LogP contribution in [0.3, 0.4) is 0 Å². The Morgan fingerprint density at radius 1 is 1.36 bits per heavy atom. The summed E-state index contributed by atoms with van der Waals surface area (Å²) in [5, 5.41) is 10.7. The van der Waals surface area contributed by atoms with Crippen LogP contribution in [0, 0.1) is 12.3 Å². The van der Waals surface area contributed by atoms with E-state index in [1.54, 1.807) is 19.1 Å². The van der Waals surface area contributed by atoms with E-state index in [2.05, 4.69) is 20.5 Å². The predicted octanol–water partition coefficient (Wildman–Crippen LogP) is 3.78. The Hall–Kier alpha value is -3.64. The number of nitrogens with one attached hydrogen (secondary N) is 2. The number of ether oxygens (including phenoxy) is 1. The number of likely N-dealkylation sites (tertiary alicyclic amines) is 1. The SMILES string of the molecule is Cc1ccc(N/N=C\C=N)c(C(=O)N2CCC(F)(F)C2COc2ncc(C(F)(F)F)cn2)c1. The predicted molar refractivity (Wildman–Crippen MR) is 109 cm³/mol. The van der Waals surface area contributed by atoms with Crippen LogP contribution in [0.15, 0.2) is 35.7 Å². The maximum Gasteiger partial charge on any atom is 0.419 e. The fraction of sp³-hybridized carbons (Fsp3) is 0.350. The number of aryl methyl sites for hydroxylation is 1. The van der Waals surface area contributed by atoms with E-state index in [-0.39, 0.29) is 17.8 Å². The van der Waals surface area contributed by atoms with Crippen LogP contribution in [-0.2, 0) is 6.18 Å². The van der Waals surface area contributed by atoms with Gasteiger partial charge in [0.15, 0.2) is 0 Å². The van der Waals surface area contributed by atoms with Crippen LogP contribution in [0.4, 0.5) is 27.6 Å². The van der Waals surface area contributed by atoms with E-state index >= 15 is 0 Å². The number of nitrogens with zero attached hydrogens (tertiary/aromatic N) is 4. The normalized spacial score (nSPS) is 17.9. The quantitative estimate of drug-likeness (QED) is 0.364. The van der Waals surface area contributed by atoms with Crippen molar-refractivity contribution < 1.29 is 31.5 Å². The fourth-order valence-electron chi connectivity index (χ4n) is 3.20. The zero-order valence-corrected chi connectivity index (χ0v) is 17.2. The van der Waals surface area contributed by atoms with E-state index in [9.17, 15) is 26.7 Å². The second kappa shape index (κ2) is 9.46. The van der Waals surface area contributed by atoms with Crippen LogP contribution in [0.25, 0.3) is 0 Å². The van der Waals surface area contributed by atoms with Gasteiger partial charge in [-0.15, -0.1) is 0 Å². The maximum absolute atomic E-state index is 14.6. The number of alkyl halides is 5. The van der Waals surface area contributed by atoms with Crippen molar-refractivity contribution in [3.05, 3.63) is 47.3 Å². The number of carbonyl (C=O) groups excluding carboxylic acids is 1. The highest BCUT2D eigenvalue weighted by Gasteiger charge is 2.51. The Bertz CT molecular complexity index is 1040. The number of benzene rings is 1. The first kappa shape index (κ1) is 24.0. The minimum Gasteiger partial charge on any atom is -0.461 e. The van der Waals surface area contributed by atoms with Gasteiger partial charge in [-0.1, -0.05) is 11.6 Å². The van der Waals surface area contributed by atoms with Gasteiger partial charge in [0.25, 0.3) is 11.8 Å². The molecule has 0 radical (unpaired) electrons. The summed E-state index contributed by atoms with van der Waals surface area (Å²) in [6.07, 6.45) is -2.24. The smallest absolute Gasteiger partial charge is 0.419 e. The lowest BCUT2D eigenvalue weighted by Crippen LogP contribution is -2.46. The number of anilines is 1. The zero-order chi connectivity index (χ0) is 24.2. The Kier molecular flexibility index (Phi) is 6.89. The van der Waals surface area contributed by atoms with Gasteiger partial charge in [-0.25, -0.2) is 18.7 Å². The lowest BCUT2D eigenvalue weighted by Gasteiger charge is -2.28. The number of aromatic nitrogens is 2. The number of hydrogen-bond donors (Lipinski definition) is 2. The monoisotopic (exact) mass is 470 g/mol. The summed E-state index contributed by atoms with van der Waals surface area (Å²) in [4.78, 5) is 20.9. The zero-order valence-electron chi connectivity index (χ0n) is 17.2. The molecule has 33 heavy (non-hydrogen) atoms. The maximum atomic E-state index is 14.6. The van der Waals surface area contributed by atoms with Crippen LogP contribution in [0.2, 0.25) is 0 Å². The Balaban J connectivity index is 1.80.